The number of imide groups is 1. The van der Waals surface area contributed by atoms with Gasteiger partial charge in [-0.05, 0) is 25.7 Å². The number of aliphatic carboxylic acids is 1. The van der Waals surface area contributed by atoms with E-state index in [4.69, 9.17) is 0 Å². The summed E-state index contributed by atoms with van der Waals surface area (Å²) >= 11 is 0. The number of carbonyl (C=O) groups excluding carboxylic acids is 2. The van der Waals surface area contributed by atoms with Crippen LogP contribution in [-0.4, -0.2) is 33.8 Å². The summed E-state index contributed by atoms with van der Waals surface area (Å²) in [6, 6.07) is -0.449. The Morgan fingerprint density at radius 1 is 1.00 bits per heavy atom. The molecule has 21 heavy (non-hydrogen) atoms. The summed E-state index contributed by atoms with van der Waals surface area (Å²) in [7, 11) is 0. The van der Waals surface area contributed by atoms with Crippen LogP contribution in [0.25, 0.3) is 0 Å². The molecule has 2 amide bonds. The molecule has 0 spiro atoms. The van der Waals surface area contributed by atoms with Crippen LogP contribution in [0.1, 0.15) is 44.9 Å². The smallest absolute Gasteiger partial charge is 0.308 e. The number of allylic oxidation sites excluding steroid dienone is 2. The van der Waals surface area contributed by atoms with Gasteiger partial charge in [0.2, 0.25) is 11.8 Å². The topological polar surface area (TPSA) is 74.7 Å². The maximum Gasteiger partial charge on any atom is 0.308 e. The summed E-state index contributed by atoms with van der Waals surface area (Å²) in [6.07, 6.45) is 9.04. The standard InChI is InChI=1S/C16H21NO4/c18-14-10-6-4-5-7-11(10)15(19)17(14)13-9-3-1-2-8-12(13)16(20)21/h4-5,10-13H,1-3,6-9H2,(H,20,21)/t10-,11+,12?,13?. The van der Waals surface area contributed by atoms with E-state index in [0.717, 1.165) is 19.3 Å². The molecule has 2 unspecified atom stereocenters. The molecule has 0 aromatic rings. The Bertz CT molecular complexity index is 473. The van der Waals surface area contributed by atoms with Crippen LogP contribution in [0.4, 0.5) is 0 Å². The zero-order valence-corrected chi connectivity index (χ0v) is 12.0. The van der Waals surface area contributed by atoms with Crippen LogP contribution in [0.15, 0.2) is 12.2 Å². The van der Waals surface area contributed by atoms with Crippen LogP contribution in [0, 0.1) is 17.8 Å². The lowest BCUT2D eigenvalue weighted by atomic mass is 9.85. The number of hydrogen-bond donors (Lipinski definition) is 1. The van der Waals surface area contributed by atoms with Crippen molar-refractivity contribution >= 4 is 17.8 Å². The van der Waals surface area contributed by atoms with E-state index in [9.17, 15) is 19.5 Å². The second-order valence-corrected chi connectivity index (χ2v) is 6.35. The zero-order chi connectivity index (χ0) is 15.0. The minimum atomic E-state index is -0.879. The number of nitrogens with zero attached hydrogens (tertiary/aromatic N) is 1. The fourth-order valence-electron chi connectivity index (χ4n) is 4.04. The Morgan fingerprint density at radius 2 is 1.57 bits per heavy atom. The third-order valence-electron chi connectivity index (χ3n) is 5.17. The molecule has 1 saturated heterocycles. The molecule has 0 radical (unpaired) electrons. The van der Waals surface area contributed by atoms with E-state index in [2.05, 4.69) is 0 Å². The van der Waals surface area contributed by atoms with Crippen molar-refractivity contribution in [2.75, 3.05) is 0 Å². The van der Waals surface area contributed by atoms with Gasteiger partial charge in [0, 0.05) is 0 Å². The first kappa shape index (κ1) is 14.3. The summed E-state index contributed by atoms with van der Waals surface area (Å²) in [4.78, 5) is 38.1. The van der Waals surface area contributed by atoms with Gasteiger partial charge in [-0.1, -0.05) is 31.4 Å². The van der Waals surface area contributed by atoms with E-state index >= 15 is 0 Å². The zero-order valence-electron chi connectivity index (χ0n) is 12.0. The molecule has 4 atom stereocenters. The van der Waals surface area contributed by atoms with Gasteiger partial charge in [-0.25, -0.2) is 0 Å². The van der Waals surface area contributed by atoms with Crippen molar-refractivity contribution in [2.24, 2.45) is 17.8 Å². The van der Waals surface area contributed by atoms with Gasteiger partial charge in [-0.2, -0.15) is 0 Å². The first-order chi connectivity index (χ1) is 10.1. The third-order valence-corrected chi connectivity index (χ3v) is 5.17. The highest BCUT2D eigenvalue weighted by Gasteiger charge is 2.51. The highest BCUT2D eigenvalue weighted by Crippen LogP contribution is 2.39. The molecule has 0 aromatic carbocycles. The molecule has 114 valence electrons. The number of fused-ring (bicyclic) bond motifs is 1. The minimum Gasteiger partial charge on any atom is -0.481 e. The van der Waals surface area contributed by atoms with Crippen molar-refractivity contribution in [2.45, 2.75) is 51.0 Å². The first-order valence-corrected chi connectivity index (χ1v) is 7.86. The molecular weight excluding hydrogens is 270 g/mol. The Kier molecular flexibility index (Phi) is 3.83. The molecule has 0 bridgehead atoms. The lowest BCUT2D eigenvalue weighted by Gasteiger charge is -2.30. The predicted octanol–water partition coefficient (Wildman–Crippen LogP) is 1.97. The monoisotopic (exact) mass is 291 g/mol. The molecule has 2 aliphatic carbocycles. The van der Waals surface area contributed by atoms with Gasteiger partial charge >= 0.3 is 5.97 Å². The molecule has 1 N–H and O–H groups in total. The summed E-state index contributed by atoms with van der Waals surface area (Å²) in [5, 5.41) is 9.46. The molecule has 5 heteroatoms. The summed E-state index contributed by atoms with van der Waals surface area (Å²) in [6.45, 7) is 0. The van der Waals surface area contributed by atoms with Crippen LogP contribution < -0.4 is 0 Å². The second kappa shape index (κ2) is 5.62. The number of amides is 2. The third kappa shape index (κ3) is 2.39. The van der Waals surface area contributed by atoms with E-state index in [0.29, 0.717) is 25.7 Å². The summed E-state index contributed by atoms with van der Waals surface area (Å²) in [5.74, 6) is -2.30. The van der Waals surface area contributed by atoms with Gasteiger partial charge < -0.3 is 5.11 Å². The largest absolute Gasteiger partial charge is 0.481 e. The second-order valence-electron chi connectivity index (χ2n) is 6.35. The molecule has 1 heterocycles. The SMILES string of the molecule is O=C(O)C1CCCCCC1N1C(=O)[C@H]2CC=CC[C@H]2C1=O. The summed E-state index contributed by atoms with van der Waals surface area (Å²) in [5.41, 5.74) is 0. The van der Waals surface area contributed by atoms with E-state index in [1.165, 1.54) is 4.90 Å². The lowest BCUT2D eigenvalue weighted by Crippen LogP contribution is -2.47. The van der Waals surface area contributed by atoms with Crippen molar-refractivity contribution in [3.05, 3.63) is 12.2 Å². The van der Waals surface area contributed by atoms with Gasteiger partial charge in [0.05, 0.1) is 23.8 Å². The number of carboxylic acid groups (broad SMARTS) is 1. The van der Waals surface area contributed by atoms with Crippen molar-refractivity contribution in [3.8, 4) is 0 Å². The Labute approximate surface area is 124 Å². The summed E-state index contributed by atoms with van der Waals surface area (Å²) < 4.78 is 0. The lowest BCUT2D eigenvalue weighted by molar-refractivity contribution is -0.150. The fraction of sp³-hybridized carbons (Fsp3) is 0.688. The van der Waals surface area contributed by atoms with Crippen LogP contribution in [0.3, 0.4) is 0 Å². The van der Waals surface area contributed by atoms with Crippen molar-refractivity contribution in [1.29, 1.82) is 0 Å². The maximum atomic E-state index is 12.6. The van der Waals surface area contributed by atoms with Crippen molar-refractivity contribution in [3.63, 3.8) is 0 Å². The molecule has 1 aliphatic heterocycles. The van der Waals surface area contributed by atoms with Crippen LogP contribution in [0.5, 0.6) is 0 Å². The molecule has 3 aliphatic rings. The highest BCUT2D eigenvalue weighted by molar-refractivity contribution is 6.06. The number of carboxylic acids is 1. The van der Waals surface area contributed by atoms with Gasteiger partial charge in [-0.3, -0.25) is 19.3 Å². The molecule has 1 saturated carbocycles. The fourth-order valence-corrected chi connectivity index (χ4v) is 4.04. The number of rotatable bonds is 2. The van der Waals surface area contributed by atoms with Crippen molar-refractivity contribution in [1.82, 2.24) is 4.90 Å². The average Bonchev–Trinajstić information content (AvgIpc) is 2.66. The maximum absolute atomic E-state index is 12.6. The Hall–Kier alpha value is -1.65. The molecule has 2 fully saturated rings. The van der Waals surface area contributed by atoms with Crippen LogP contribution in [0.2, 0.25) is 0 Å². The Morgan fingerprint density at radius 3 is 2.14 bits per heavy atom. The van der Waals surface area contributed by atoms with Crippen LogP contribution >= 0.6 is 0 Å². The Balaban J connectivity index is 1.88. The predicted molar refractivity (Wildman–Crippen MR) is 75.2 cm³/mol. The molecule has 0 aromatic heterocycles. The van der Waals surface area contributed by atoms with E-state index in [1.54, 1.807) is 0 Å². The molecular formula is C16H21NO4. The van der Waals surface area contributed by atoms with Crippen molar-refractivity contribution < 1.29 is 19.5 Å². The van der Waals surface area contributed by atoms with Crippen LogP contribution in [-0.2, 0) is 14.4 Å². The number of carbonyl (C=O) groups is 3. The van der Waals surface area contributed by atoms with Gasteiger partial charge in [0.1, 0.15) is 0 Å². The van der Waals surface area contributed by atoms with E-state index < -0.39 is 17.9 Å². The highest BCUT2D eigenvalue weighted by atomic mass is 16.4. The molecule has 3 rings (SSSR count). The number of hydrogen-bond acceptors (Lipinski definition) is 3. The first-order valence-electron chi connectivity index (χ1n) is 7.86. The molecule has 5 nitrogen and oxygen atoms in total. The number of likely N-dealkylation sites (tertiary alicyclic amines) is 1. The van der Waals surface area contributed by atoms with Gasteiger partial charge in [-0.15, -0.1) is 0 Å². The van der Waals surface area contributed by atoms with Gasteiger partial charge in [0.25, 0.3) is 0 Å². The normalized spacial score (nSPS) is 36.5. The quantitative estimate of drug-likeness (QED) is 0.479. The van der Waals surface area contributed by atoms with Gasteiger partial charge in [0.15, 0.2) is 0 Å². The average molecular weight is 291 g/mol. The van der Waals surface area contributed by atoms with E-state index in [1.807, 2.05) is 12.2 Å². The van der Waals surface area contributed by atoms with E-state index in [-0.39, 0.29) is 23.7 Å². The minimum absolute atomic E-state index is 0.146.